The molecule has 3 rings (SSSR count). The van der Waals surface area contributed by atoms with Gasteiger partial charge in [0, 0.05) is 18.7 Å². The lowest BCUT2D eigenvalue weighted by atomic mass is 9.91. The number of ether oxygens (including phenoxy) is 1. The van der Waals surface area contributed by atoms with E-state index in [1.54, 1.807) is 6.92 Å². The number of nitrogens with zero attached hydrogens (tertiary/aromatic N) is 3. The molecule has 3 atom stereocenters. The maximum Gasteiger partial charge on any atom is 0.417 e. The van der Waals surface area contributed by atoms with Crippen molar-refractivity contribution in [3.8, 4) is 6.07 Å². The molecule has 1 saturated heterocycles. The second-order valence-electron chi connectivity index (χ2n) is 6.64. The van der Waals surface area contributed by atoms with Crippen LogP contribution in [0.5, 0.6) is 0 Å². The number of benzene rings is 1. The SMILES string of the molecule is CC1(C(=O)Nc2ccc(C#N)c(C(F)(F)F)c2)CC(C2CCCO2)N=N1. The van der Waals surface area contributed by atoms with E-state index in [4.69, 9.17) is 10.00 Å². The van der Waals surface area contributed by atoms with Crippen molar-refractivity contribution in [2.45, 2.75) is 50.0 Å². The molecule has 2 aliphatic heterocycles. The Morgan fingerprint density at radius 3 is 2.85 bits per heavy atom. The molecule has 0 bridgehead atoms. The molecule has 0 spiro atoms. The van der Waals surface area contributed by atoms with Gasteiger partial charge in [0.25, 0.3) is 5.91 Å². The minimum absolute atomic E-state index is 0.0432. The highest BCUT2D eigenvalue weighted by Gasteiger charge is 2.44. The molecule has 0 aliphatic carbocycles. The number of hydrogen-bond donors (Lipinski definition) is 1. The van der Waals surface area contributed by atoms with Gasteiger partial charge in [-0.3, -0.25) is 4.79 Å². The number of hydrogen-bond acceptors (Lipinski definition) is 5. The van der Waals surface area contributed by atoms with Crippen LogP contribution in [0.4, 0.5) is 18.9 Å². The van der Waals surface area contributed by atoms with Crippen molar-refractivity contribution >= 4 is 11.6 Å². The first-order valence-corrected chi connectivity index (χ1v) is 8.19. The minimum Gasteiger partial charge on any atom is -0.376 e. The molecular weight excluding hydrogens is 349 g/mol. The van der Waals surface area contributed by atoms with Gasteiger partial charge in [-0.05, 0) is 38.0 Å². The van der Waals surface area contributed by atoms with Crippen LogP contribution >= 0.6 is 0 Å². The Morgan fingerprint density at radius 2 is 2.23 bits per heavy atom. The largest absolute Gasteiger partial charge is 0.417 e. The van der Waals surface area contributed by atoms with Crippen molar-refractivity contribution in [2.75, 3.05) is 11.9 Å². The average Bonchev–Trinajstić information content (AvgIpc) is 3.24. The van der Waals surface area contributed by atoms with E-state index in [2.05, 4.69) is 15.5 Å². The van der Waals surface area contributed by atoms with E-state index < -0.39 is 28.7 Å². The molecule has 1 aromatic rings. The molecule has 6 nitrogen and oxygen atoms in total. The predicted octanol–water partition coefficient (Wildman–Crippen LogP) is 3.68. The number of amides is 1. The molecule has 1 N–H and O–H groups in total. The molecular formula is C17H17F3N4O2. The summed E-state index contributed by atoms with van der Waals surface area (Å²) >= 11 is 0. The summed E-state index contributed by atoms with van der Waals surface area (Å²) in [7, 11) is 0. The van der Waals surface area contributed by atoms with Gasteiger partial charge in [0.15, 0.2) is 5.54 Å². The lowest BCUT2D eigenvalue weighted by Crippen LogP contribution is -2.39. The van der Waals surface area contributed by atoms with Crippen molar-refractivity contribution in [2.24, 2.45) is 10.2 Å². The number of alkyl halides is 3. The number of nitriles is 1. The highest BCUT2D eigenvalue weighted by Crippen LogP contribution is 2.36. The topological polar surface area (TPSA) is 86.8 Å². The van der Waals surface area contributed by atoms with Crippen molar-refractivity contribution in [1.82, 2.24) is 0 Å². The second kappa shape index (κ2) is 6.68. The molecule has 0 radical (unpaired) electrons. The zero-order chi connectivity index (χ0) is 18.9. The van der Waals surface area contributed by atoms with Crippen LogP contribution in [-0.2, 0) is 15.7 Å². The van der Waals surface area contributed by atoms with E-state index in [9.17, 15) is 18.0 Å². The Morgan fingerprint density at radius 1 is 1.46 bits per heavy atom. The maximum absolute atomic E-state index is 13.0. The van der Waals surface area contributed by atoms with Gasteiger partial charge < -0.3 is 10.1 Å². The van der Waals surface area contributed by atoms with Gasteiger partial charge in [0.05, 0.1) is 29.3 Å². The fourth-order valence-corrected chi connectivity index (χ4v) is 3.16. The zero-order valence-electron chi connectivity index (χ0n) is 14.0. The summed E-state index contributed by atoms with van der Waals surface area (Å²) < 4.78 is 44.7. The first-order valence-electron chi connectivity index (χ1n) is 8.19. The molecule has 9 heteroatoms. The van der Waals surface area contributed by atoms with Gasteiger partial charge in [0.2, 0.25) is 0 Å². The molecule has 0 saturated carbocycles. The van der Waals surface area contributed by atoms with Crippen molar-refractivity contribution in [3.63, 3.8) is 0 Å². The monoisotopic (exact) mass is 366 g/mol. The molecule has 2 aliphatic rings. The third kappa shape index (κ3) is 3.55. The molecule has 1 amide bonds. The summed E-state index contributed by atoms with van der Waals surface area (Å²) in [4.78, 5) is 12.6. The number of carbonyl (C=O) groups is 1. The number of carbonyl (C=O) groups excluding carboxylic acids is 1. The van der Waals surface area contributed by atoms with E-state index in [1.165, 1.54) is 12.1 Å². The van der Waals surface area contributed by atoms with Crippen molar-refractivity contribution < 1.29 is 22.7 Å². The van der Waals surface area contributed by atoms with E-state index >= 15 is 0 Å². The second-order valence-corrected chi connectivity index (χ2v) is 6.64. The number of anilines is 1. The summed E-state index contributed by atoms with van der Waals surface area (Å²) in [5.41, 5.74) is -2.80. The number of halogens is 3. The number of nitrogens with one attached hydrogen (secondary N) is 1. The van der Waals surface area contributed by atoms with Crippen LogP contribution < -0.4 is 5.32 Å². The Kier molecular flexibility index (Phi) is 4.71. The van der Waals surface area contributed by atoms with Gasteiger partial charge in [-0.2, -0.15) is 28.7 Å². The summed E-state index contributed by atoms with van der Waals surface area (Å²) in [6, 6.07) is 4.33. The summed E-state index contributed by atoms with van der Waals surface area (Å²) in [6.45, 7) is 2.25. The van der Waals surface area contributed by atoms with Crippen LogP contribution in [0.1, 0.15) is 37.3 Å². The molecule has 3 unspecified atom stereocenters. The lowest BCUT2D eigenvalue weighted by molar-refractivity contribution is -0.137. The van der Waals surface area contributed by atoms with E-state index in [1.807, 2.05) is 0 Å². The fraction of sp³-hybridized carbons (Fsp3) is 0.529. The van der Waals surface area contributed by atoms with Gasteiger partial charge >= 0.3 is 6.18 Å². The zero-order valence-corrected chi connectivity index (χ0v) is 14.0. The van der Waals surface area contributed by atoms with Gasteiger partial charge in [-0.25, -0.2) is 0 Å². The van der Waals surface area contributed by atoms with Crippen LogP contribution in [0, 0.1) is 11.3 Å². The minimum atomic E-state index is -4.69. The third-order valence-electron chi connectivity index (χ3n) is 4.62. The van der Waals surface area contributed by atoms with E-state index in [0.29, 0.717) is 13.0 Å². The molecule has 0 aromatic heterocycles. The Bertz CT molecular complexity index is 781. The summed E-state index contributed by atoms with van der Waals surface area (Å²) in [5, 5.41) is 19.5. The highest BCUT2D eigenvalue weighted by atomic mass is 19.4. The van der Waals surface area contributed by atoms with Crippen molar-refractivity contribution in [3.05, 3.63) is 29.3 Å². The fourth-order valence-electron chi connectivity index (χ4n) is 3.16. The smallest absolute Gasteiger partial charge is 0.376 e. The number of azo groups is 1. The molecule has 2 heterocycles. The van der Waals surface area contributed by atoms with Crippen LogP contribution in [0.15, 0.2) is 28.4 Å². The van der Waals surface area contributed by atoms with E-state index in [0.717, 1.165) is 25.0 Å². The maximum atomic E-state index is 13.0. The Balaban J connectivity index is 1.74. The van der Waals surface area contributed by atoms with Crippen LogP contribution in [0.3, 0.4) is 0 Å². The first-order chi connectivity index (χ1) is 12.2. The van der Waals surface area contributed by atoms with Crippen LogP contribution in [0.2, 0.25) is 0 Å². The molecule has 1 fully saturated rings. The third-order valence-corrected chi connectivity index (χ3v) is 4.62. The molecule has 26 heavy (non-hydrogen) atoms. The lowest BCUT2D eigenvalue weighted by Gasteiger charge is -2.21. The van der Waals surface area contributed by atoms with Gasteiger partial charge in [0.1, 0.15) is 0 Å². The van der Waals surface area contributed by atoms with Crippen molar-refractivity contribution in [1.29, 1.82) is 5.26 Å². The van der Waals surface area contributed by atoms with Crippen LogP contribution in [0.25, 0.3) is 0 Å². The highest BCUT2D eigenvalue weighted by molar-refractivity contribution is 5.98. The number of rotatable bonds is 3. The normalized spacial score (nSPS) is 28.1. The van der Waals surface area contributed by atoms with Crippen LogP contribution in [-0.4, -0.2) is 30.2 Å². The van der Waals surface area contributed by atoms with E-state index in [-0.39, 0.29) is 17.8 Å². The summed E-state index contributed by atoms with van der Waals surface area (Å²) in [5.74, 6) is -0.542. The van der Waals surface area contributed by atoms with Gasteiger partial charge in [-0.15, -0.1) is 0 Å². The standard InChI is InChI=1S/C17H17F3N4O2/c1-16(8-13(23-24-16)14-3-2-6-26-14)15(25)22-11-5-4-10(9-21)12(7-11)17(18,19)20/h4-5,7,13-14H,2-3,6,8H2,1H3,(H,22,25). The molecule has 138 valence electrons. The predicted molar refractivity (Wildman–Crippen MR) is 85.4 cm³/mol. The Hall–Kier alpha value is -2.47. The molecule has 1 aromatic carbocycles. The van der Waals surface area contributed by atoms with Gasteiger partial charge in [-0.1, -0.05) is 0 Å². The first kappa shape index (κ1) is 18.3. The quantitative estimate of drug-likeness (QED) is 0.885. The average molecular weight is 366 g/mol. The summed E-state index contributed by atoms with van der Waals surface area (Å²) in [6.07, 6.45) is -2.63. The Labute approximate surface area is 148 Å².